The number of anilines is 1. The van der Waals surface area contributed by atoms with Crippen LogP contribution in [-0.2, 0) is 21.5 Å². The molecule has 0 bridgehead atoms. The molecule has 2 aromatic rings. The molecule has 1 amide bonds. The highest BCUT2D eigenvalue weighted by molar-refractivity contribution is 5.94. The first-order valence-corrected chi connectivity index (χ1v) is 9.08. The van der Waals surface area contributed by atoms with E-state index in [-0.39, 0.29) is 30.3 Å². The van der Waals surface area contributed by atoms with Crippen LogP contribution in [0.1, 0.15) is 48.7 Å². The predicted molar refractivity (Wildman–Crippen MR) is 108 cm³/mol. The van der Waals surface area contributed by atoms with Gasteiger partial charge in [0, 0.05) is 24.3 Å². The van der Waals surface area contributed by atoms with Crippen LogP contribution >= 0.6 is 0 Å². The van der Waals surface area contributed by atoms with Crippen molar-refractivity contribution < 1.29 is 14.3 Å². The molecule has 0 radical (unpaired) electrons. The van der Waals surface area contributed by atoms with E-state index in [0.717, 1.165) is 11.3 Å². The SMILES string of the molecule is COC(=O)CCNC(=O)c1ccc(CNc2ccc(C(C)(C)C)cc2)cc1. The zero-order valence-electron chi connectivity index (χ0n) is 16.5. The van der Waals surface area contributed by atoms with Gasteiger partial charge < -0.3 is 15.4 Å². The van der Waals surface area contributed by atoms with Crippen molar-refractivity contribution in [1.29, 1.82) is 0 Å². The summed E-state index contributed by atoms with van der Waals surface area (Å²) >= 11 is 0. The minimum Gasteiger partial charge on any atom is -0.469 e. The molecule has 2 N–H and O–H groups in total. The lowest BCUT2D eigenvalue weighted by Crippen LogP contribution is -2.26. The number of hydrogen-bond donors (Lipinski definition) is 2. The van der Waals surface area contributed by atoms with E-state index < -0.39 is 0 Å². The van der Waals surface area contributed by atoms with Gasteiger partial charge in [0.15, 0.2) is 0 Å². The summed E-state index contributed by atoms with van der Waals surface area (Å²) in [6.45, 7) is 7.53. The van der Waals surface area contributed by atoms with E-state index in [1.807, 2.05) is 12.1 Å². The van der Waals surface area contributed by atoms with E-state index in [4.69, 9.17) is 0 Å². The van der Waals surface area contributed by atoms with Gasteiger partial charge in [0.1, 0.15) is 0 Å². The molecule has 0 fully saturated rings. The molecule has 5 heteroatoms. The quantitative estimate of drug-likeness (QED) is 0.728. The van der Waals surface area contributed by atoms with Crippen LogP contribution in [0.15, 0.2) is 48.5 Å². The van der Waals surface area contributed by atoms with Crippen molar-refractivity contribution in [2.75, 3.05) is 19.0 Å². The molecule has 27 heavy (non-hydrogen) atoms. The Labute approximate surface area is 161 Å². The second-order valence-electron chi connectivity index (χ2n) is 7.46. The Bertz CT molecular complexity index is 760. The number of methoxy groups -OCH3 is 1. The van der Waals surface area contributed by atoms with Crippen LogP contribution in [0.2, 0.25) is 0 Å². The Morgan fingerprint density at radius 2 is 1.59 bits per heavy atom. The van der Waals surface area contributed by atoms with Gasteiger partial charge in [-0.2, -0.15) is 0 Å². The number of carbonyl (C=O) groups excluding carboxylic acids is 2. The van der Waals surface area contributed by atoms with Crippen molar-refractivity contribution >= 4 is 17.6 Å². The number of hydrogen-bond acceptors (Lipinski definition) is 4. The highest BCUT2D eigenvalue weighted by Gasteiger charge is 2.12. The van der Waals surface area contributed by atoms with Crippen molar-refractivity contribution in [2.45, 2.75) is 39.2 Å². The lowest BCUT2D eigenvalue weighted by molar-refractivity contribution is -0.140. The molecule has 0 unspecified atom stereocenters. The van der Waals surface area contributed by atoms with Gasteiger partial charge in [-0.15, -0.1) is 0 Å². The topological polar surface area (TPSA) is 67.4 Å². The minimum atomic E-state index is -0.341. The summed E-state index contributed by atoms with van der Waals surface area (Å²) in [4.78, 5) is 23.1. The van der Waals surface area contributed by atoms with Gasteiger partial charge in [-0.3, -0.25) is 9.59 Å². The highest BCUT2D eigenvalue weighted by Crippen LogP contribution is 2.23. The van der Waals surface area contributed by atoms with Crippen molar-refractivity contribution in [3.63, 3.8) is 0 Å². The number of amides is 1. The molecule has 2 rings (SSSR count). The molecule has 144 valence electrons. The molecule has 0 aromatic heterocycles. The van der Waals surface area contributed by atoms with E-state index in [1.54, 1.807) is 12.1 Å². The van der Waals surface area contributed by atoms with Gasteiger partial charge in [-0.25, -0.2) is 0 Å². The summed E-state index contributed by atoms with van der Waals surface area (Å²) in [6, 6.07) is 15.9. The third-order valence-corrected chi connectivity index (χ3v) is 4.31. The fraction of sp³-hybridized carbons (Fsp3) is 0.364. The number of nitrogens with one attached hydrogen (secondary N) is 2. The first-order chi connectivity index (χ1) is 12.8. The maximum Gasteiger partial charge on any atom is 0.307 e. The van der Waals surface area contributed by atoms with Crippen LogP contribution in [0.25, 0.3) is 0 Å². The van der Waals surface area contributed by atoms with Gasteiger partial charge in [0.25, 0.3) is 5.91 Å². The van der Waals surface area contributed by atoms with Crippen LogP contribution in [0, 0.1) is 0 Å². The highest BCUT2D eigenvalue weighted by atomic mass is 16.5. The molecule has 0 aliphatic carbocycles. The molecule has 0 saturated heterocycles. The Balaban J connectivity index is 1.84. The lowest BCUT2D eigenvalue weighted by Gasteiger charge is -2.19. The Morgan fingerprint density at radius 1 is 0.963 bits per heavy atom. The van der Waals surface area contributed by atoms with Crippen LogP contribution in [0.3, 0.4) is 0 Å². The maximum atomic E-state index is 12.0. The summed E-state index contributed by atoms with van der Waals surface area (Å²) in [5.74, 6) is -0.538. The largest absolute Gasteiger partial charge is 0.469 e. The van der Waals surface area contributed by atoms with Crippen molar-refractivity contribution in [3.05, 3.63) is 65.2 Å². The number of esters is 1. The summed E-state index contributed by atoms with van der Waals surface area (Å²) in [5, 5.41) is 6.09. The first kappa shape index (κ1) is 20.5. The standard InChI is InChI=1S/C22H28N2O3/c1-22(2,3)18-9-11-19(12-10-18)24-15-16-5-7-17(8-6-16)21(26)23-14-13-20(25)27-4/h5-12,24H,13-15H2,1-4H3,(H,23,26). The fourth-order valence-corrected chi connectivity index (χ4v) is 2.55. The van der Waals surface area contributed by atoms with E-state index in [1.165, 1.54) is 12.7 Å². The van der Waals surface area contributed by atoms with Gasteiger partial charge in [0.2, 0.25) is 0 Å². The van der Waals surface area contributed by atoms with Gasteiger partial charge in [-0.1, -0.05) is 45.0 Å². The third kappa shape index (κ3) is 6.44. The molecule has 0 atom stereocenters. The van der Waals surface area contributed by atoms with Crippen molar-refractivity contribution in [1.82, 2.24) is 5.32 Å². The second kappa shape index (κ2) is 9.21. The monoisotopic (exact) mass is 368 g/mol. The molecule has 0 aliphatic heterocycles. The average molecular weight is 368 g/mol. The molecule has 2 aromatic carbocycles. The Kier molecular flexibility index (Phi) is 6.99. The second-order valence-corrected chi connectivity index (χ2v) is 7.46. The van der Waals surface area contributed by atoms with E-state index in [9.17, 15) is 9.59 Å². The Hall–Kier alpha value is -2.82. The summed E-state index contributed by atoms with van der Waals surface area (Å²) in [7, 11) is 1.33. The van der Waals surface area contributed by atoms with E-state index in [0.29, 0.717) is 12.1 Å². The predicted octanol–water partition coefficient (Wildman–Crippen LogP) is 3.89. The smallest absolute Gasteiger partial charge is 0.307 e. The van der Waals surface area contributed by atoms with E-state index >= 15 is 0 Å². The zero-order chi connectivity index (χ0) is 19.9. The third-order valence-electron chi connectivity index (χ3n) is 4.31. The lowest BCUT2D eigenvalue weighted by atomic mass is 9.87. The molecule has 0 aliphatic rings. The number of carbonyl (C=O) groups is 2. The van der Waals surface area contributed by atoms with Crippen LogP contribution in [0.5, 0.6) is 0 Å². The van der Waals surface area contributed by atoms with Gasteiger partial charge in [-0.05, 0) is 40.8 Å². The van der Waals surface area contributed by atoms with Crippen LogP contribution in [-0.4, -0.2) is 25.5 Å². The first-order valence-electron chi connectivity index (χ1n) is 9.08. The summed E-state index contributed by atoms with van der Waals surface area (Å²) in [5.41, 5.74) is 4.16. The molecular formula is C22H28N2O3. The molecule has 0 heterocycles. The zero-order valence-corrected chi connectivity index (χ0v) is 16.5. The maximum absolute atomic E-state index is 12.0. The minimum absolute atomic E-state index is 0.145. The molecule has 0 spiro atoms. The average Bonchev–Trinajstić information content (AvgIpc) is 2.66. The number of ether oxygens (including phenoxy) is 1. The fourth-order valence-electron chi connectivity index (χ4n) is 2.55. The molecule has 0 saturated carbocycles. The van der Waals surface area contributed by atoms with Crippen molar-refractivity contribution in [3.8, 4) is 0 Å². The number of benzene rings is 2. The Morgan fingerprint density at radius 3 is 2.15 bits per heavy atom. The van der Waals surface area contributed by atoms with Crippen LogP contribution < -0.4 is 10.6 Å². The summed E-state index contributed by atoms with van der Waals surface area (Å²) < 4.78 is 4.54. The number of rotatable bonds is 7. The summed E-state index contributed by atoms with van der Waals surface area (Å²) in [6.07, 6.45) is 0.165. The van der Waals surface area contributed by atoms with E-state index in [2.05, 4.69) is 60.4 Å². The van der Waals surface area contributed by atoms with Crippen molar-refractivity contribution in [2.24, 2.45) is 0 Å². The normalized spacial score (nSPS) is 11.0. The van der Waals surface area contributed by atoms with Crippen LogP contribution in [0.4, 0.5) is 5.69 Å². The van der Waals surface area contributed by atoms with Gasteiger partial charge in [0.05, 0.1) is 13.5 Å². The molecular weight excluding hydrogens is 340 g/mol. The molecule has 5 nitrogen and oxygen atoms in total. The van der Waals surface area contributed by atoms with Gasteiger partial charge >= 0.3 is 5.97 Å².